The Balaban J connectivity index is 1.52. The number of esters is 1. The highest BCUT2D eigenvalue weighted by Gasteiger charge is 2.35. The second-order valence-corrected chi connectivity index (χ2v) is 6.72. The van der Waals surface area contributed by atoms with Crippen molar-refractivity contribution < 1.29 is 27.9 Å². The fraction of sp³-hybridized carbons (Fsp3) is 0.227. The van der Waals surface area contributed by atoms with Gasteiger partial charge in [0.1, 0.15) is 28.9 Å². The van der Waals surface area contributed by atoms with Gasteiger partial charge in [0.15, 0.2) is 6.61 Å². The van der Waals surface area contributed by atoms with Crippen LogP contribution < -0.4 is 4.74 Å². The van der Waals surface area contributed by atoms with Gasteiger partial charge < -0.3 is 18.3 Å². The smallest absolute Gasteiger partial charge is 0.342 e. The molecule has 1 aromatic carbocycles. The van der Waals surface area contributed by atoms with Crippen molar-refractivity contribution >= 4 is 17.6 Å². The summed E-state index contributed by atoms with van der Waals surface area (Å²) in [5.74, 6) is 0.695. The molecule has 2 aromatic heterocycles. The Morgan fingerprint density at radius 2 is 1.93 bits per heavy atom. The summed E-state index contributed by atoms with van der Waals surface area (Å²) in [7, 11) is 1.60. The van der Waals surface area contributed by atoms with Crippen molar-refractivity contribution in [2.24, 2.45) is 5.10 Å². The molecule has 0 fully saturated rings. The predicted octanol–water partition coefficient (Wildman–Crippen LogP) is 3.72. The fourth-order valence-corrected chi connectivity index (χ4v) is 3.27. The molecular weight excluding hydrogens is 388 g/mol. The first kappa shape index (κ1) is 19.5. The van der Waals surface area contributed by atoms with Crippen molar-refractivity contribution in [3.63, 3.8) is 0 Å². The highest BCUT2D eigenvalue weighted by Crippen LogP contribution is 2.33. The third-order valence-corrected chi connectivity index (χ3v) is 4.87. The van der Waals surface area contributed by atoms with Crippen LogP contribution in [0.4, 0.5) is 0 Å². The highest BCUT2D eigenvalue weighted by atomic mass is 16.5. The molecule has 0 bridgehead atoms. The third kappa shape index (κ3) is 3.84. The molecular formula is C22H20N2O6. The van der Waals surface area contributed by atoms with Crippen LogP contribution in [-0.2, 0) is 9.53 Å². The average Bonchev–Trinajstić information content (AvgIpc) is 3.51. The zero-order valence-electron chi connectivity index (χ0n) is 16.5. The number of rotatable bonds is 6. The van der Waals surface area contributed by atoms with E-state index in [1.807, 2.05) is 24.3 Å². The minimum absolute atomic E-state index is 0.286. The summed E-state index contributed by atoms with van der Waals surface area (Å²) < 4.78 is 21.0. The van der Waals surface area contributed by atoms with E-state index in [4.69, 9.17) is 18.3 Å². The number of ether oxygens (including phenoxy) is 2. The van der Waals surface area contributed by atoms with Crippen LogP contribution in [0.2, 0.25) is 0 Å². The van der Waals surface area contributed by atoms with Gasteiger partial charge in [-0.05, 0) is 55.0 Å². The normalized spacial score (nSPS) is 15.7. The largest absolute Gasteiger partial charge is 0.497 e. The lowest BCUT2D eigenvalue weighted by atomic mass is 10.0. The van der Waals surface area contributed by atoms with Crippen molar-refractivity contribution in [3.05, 3.63) is 77.6 Å². The molecule has 0 aliphatic carbocycles. The number of carbonyl (C=O) groups excluding carboxylic acids is 2. The van der Waals surface area contributed by atoms with Crippen LogP contribution in [0.25, 0.3) is 0 Å². The molecule has 30 heavy (non-hydrogen) atoms. The lowest BCUT2D eigenvalue weighted by molar-refractivity contribution is -0.136. The molecule has 3 aromatic rings. The molecule has 1 aliphatic rings. The van der Waals surface area contributed by atoms with E-state index in [1.54, 1.807) is 32.4 Å². The van der Waals surface area contributed by atoms with Crippen LogP contribution in [0.15, 0.2) is 68.9 Å². The number of benzene rings is 1. The average molecular weight is 408 g/mol. The molecule has 154 valence electrons. The molecule has 3 heterocycles. The Hall–Kier alpha value is -3.81. The van der Waals surface area contributed by atoms with Gasteiger partial charge in [-0.3, -0.25) is 4.79 Å². The minimum atomic E-state index is -0.622. The van der Waals surface area contributed by atoms with Crippen molar-refractivity contribution in [1.82, 2.24) is 5.01 Å². The van der Waals surface area contributed by atoms with Crippen molar-refractivity contribution in [2.75, 3.05) is 13.7 Å². The fourth-order valence-electron chi connectivity index (χ4n) is 3.27. The highest BCUT2D eigenvalue weighted by molar-refractivity contribution is 6.03. The predicted molar refractivity (Wildman–Crippen MR) is 106 cm³/mol. The Morgan fingerprint density at radius 1 is 1.13 bits per heavy atom. The molecule has 1 atom stereocenters. The van der Waals surface area contributed by atoms with Gasteiger partial charge in [-0.1, -0.05) is 0 Å². The maximum atomic E-state index is 12.8. The number of aryl methyl sites for hydroxylation is 1. The summed E-state index contributed by atoms with van der Waals surface area (Å²) >= 11 is 0. The quantitative estimate of drug-likeness (QED) is 0.577. The zero-order valence-corrected chi connectivity index (χ0v) is 16.5. The minimum Gasteiger partial charge on any atom is -0.497 e. The topological polar surface area (TPSA) is 94.5 Å². The maximum Gasteiger partial charge on any atom is 0.342 e. The summed E-state index contributed by atoms with van der Waals surface area (Å²) in [5, 5.41) is 5.81. The van der Waals surface area contributed by atoms with Gasteiger partial charge in [0.2, 0.25) is 0 Å². The van der Waals surface area contributed by atoms with E-state index in [0.29, 0.717) is 17.9 Å². The van der Waals surface area contributed by atoms with E-state index in [-0.39, 0.29) is 5.56 Å². The Bertz CT molecular complexity index is 1070. The van der Waals surface area contributed by atoms with E-state index >= 15 is 0 Å². The molecule has 1 amide bonds. The standard InChI is InChI=1S/C22H20N2O6/c1-14-17(9-11-28-14)22(26)30-13-21(25)24-19(20-4-3-10-29-20)12-18(23-24)15-5-7-16(27-2)8-6-15/h3-11,19H,12-13H2,1-2H3/t19-/m0/s1. The van der Waals surface area contributed by atoms with E-state index in [2.05, 4.69) is 5.10 Å². The lowest BCUT2D eigenvalue weighted by Crippen LogP contribution is -2.31. The number of methoxy groups -OCH3 is 1. The van der Waals surface area contributed by atoms with Gasteiger partial charge in [0.05, 0.1) is 25.3 Å². The van der Waals surface area contributed by atoms with E-state index < -0.39 is 24.5 Å². The Labute approximate surface area is 172 Å². The maximum absolute atomic E-state index is 12.8. The molecule has 0 spiro atoms. The first-order valence-electron chi connectivity index (χ1n) is 9.35. The van der Waals surface area contributed by atoms with E-state index in [1.165, 1.54) is 17.3 Å². The number of hydrogen-bond acceptors (Lipinski definition) is 7. The van der Waals surface area contributed by atoms with Crippen molar-refractivity contribution in [3.8, 4) is 5.75 Å². The summed E-state index contributed by atoms with van der Waals surface area (Å²) in [6.07, 6.45) is 3.41. The van der Waals surface area contributed by atoms with Gasteiger partial charge in [-0.2, -0.15) is 5.10 Å². The second-order valence-electron chi connectivity index (χ2n) is 6.72. The van der Waals surface area contributed by atoms with Gasteiger partial charge in [0, 0.05) is 6.42 Å². The van der Waals surface area contributed by atoms with Crippen LogP contribution in [0.5, 0.6) is 5.75 Å². The van der Waals surface area contributed by atoms with Crippen molar-refractivity contribution in [2.45, 2.75) is 19.4 Å². The Morgan fingerprint density at radius 3 is 2.57 bits per heavy atom. The summed E-state index contributed by atoms with van der Waals surface area (Å²) in [6.45, 7) is 1.21. The van der Waals surface area contributed by atoms with Crippen LogP contribution in [0.3, 0.4) is 0 Å². The molecule has 0 unspecified atom stereocenters. The van der Waals surface area contributed by atoms with Gasteiger partial charge >= 0.3 is 5.97 Å². The van der Waals surface area contributed by atoms with Gasteiger partial charge in [-0.15, -0.1) is 0 Å². The number of nitrogens with zero attached hydrogens (tertiary/aromatic N) is 2. The monoisotopic (exact) mass is 408 g/mol. The summed E-state index contributed by atoms with van der Waals surface area (Å²) in [4.78, 5) is 25.0. The first-order valence-corrected chi connectivity index (χ1v) is 9.35. The molecule has 8 heteroatoms. The molecule has 0 saturated heterocycles. The van der Waals surface area contributed by atoms with Gasteiger partial charge in [0.25, 0.3) is 5.91 Å². The van der Waals surface area contributed by atoms with E-state index in [0.717, 1.165) is 17.0 Å². The number of amides is 1. The molecule has 0 radical (unpaired) electrons. The number of hydrazone groups is 1. The van der Waals surface area contributed by atoms with Crippen LogP contribution in [0.1, 0.15) is 39.9 Å². The number of hydrogen-bond donors (Lipinski definition) is 0. The molecule has 8 nitrogen and oxygen atoms in total. The zero-order chi connectivity index (χ0) is 21.1. The second kappa shape index (κ2) is 8.28. The van der Waals surface area contributed by atoms with Gasteiger partial charge in [-0.25, -0.2) is 9.80 Å². The number of furan rings is 2. The van der Waals surface area contributed by atoms with Crippen molar-refractivity contribution in [1.29, 1.82) is 0 Å². The summed E-state index contributed by atoms with van der Waals surface area (Å²) in [6, 6.07) is 12.1. The number of carbonyl (C=O) groups is 2. The van der Waals surface area contributed by atoms with Crippen LogP contribution >= 0.6 is 0 Å². The molecule has 0 saturated carbocycles. The third-order valence-electron chi connectivity index (χ3n) is 4.87. The Kier molecular flexibility index (Phi) is 5.38. The molecule has 4 rings (SSSR count). The lowest BCUT2D eigenvalue weighted by Gasteiger charge is -2.19. The SMILES string of the molecule is COc1ccc(C2=NN(C(=O)COC(=O)c3ccoc3C)[C@H](c3ccco3)C2)cc1. The summed E-state index contributed by atoms with van der Waals surface area (Å²) in [5.41, 5.74) is 1.88. The molecule has 0 N–H and O–H groups in total. The van der Waals surface area contributed by atoms with Crippen LogP contribution in [0, 0.1) is 6.92 Å². The van der Waals surface area contributed by atoms with Crippen LogP contribution in [-0.4, -0.2) is 36.3 Å². The first-order chi connectivity index (χ1) is 14.6. The molecule has 1 aliphatic heterocycles. The van der Waals surface area contributed by atoms with E-state index in [9.17, 15) is 9.59 Å².